The normalized spacial score (nSPS) is 13.0. The predicted octanol–water partition coefficient (Wildman–Crippen LogP) is 0.602. The predicted molar refractivity (Wildman–Crippen MR) is 79.1 cm³/mol. The van der Waals surface area contributed by atoms with Crippen molar-refractivity contribution in [1.29, 1.82) is 0 Å². The first kappa shape index (κ1) is 15.4. The highest BCUT2D eigenvalue weighted by molar-refractivity contribution is 5.69. The van der Waals surface area contributed by atoms with E-state index in [2.05, 4.69) is 10.3 Å². The Bertz CT molecular complexity index is 605. The molecule has 0 saturated carbocycles. The summed E-state index contributed by atoms with van der Waals surface area (Å²) >= 11 is 0. The van der Waals surface area contributed by atoms with Crippen LogP contribution in [0.4, 0.5) is 0 Å². The van der Waals surface area contributed by atoms with Crippen LogP contribution in [0.2, 0.25) is 0 Å². The summed E-state index contributed by atoms with van der Waals surface area (Å²) in [5.74, 6) is 0. The summed E-state index contributed by atoms with van der Waals surface area (Å²) in [7, 11) is 0. The highest BCUT2D eigenvalue weighted by Crippen LogP contribution is 2.13. The van der Waals surface area contributed by atoms with E-state index in [4.69, 9.17) is 5.11 Å². The molecular formula is C15H19N3O3. The number of rotatable bonds is 6. The first-order valence-electron chi connectivity index (χ1n) is 6.71. The van der Waals surface area contributed by atoms with Gasteiger partial charge in [-0.2, -0.15) is 0 Å². The number of hydrogen-bond donors (Lipinski definition) is 3. The Hall–Kier alpha value is -2.02. The van der Waals surface area contributed by atoms with Gasteiger partial charge in [0.2, 0.25) is 0 Å². The van der Waals surface area contributed by atoms with Crippen LogP contribution in [0.15, 0.2) is 24.3 Å². The Morgan fingerprint density at radius 1 is 1.19 bits per heavy atom. The molecule has 0 spiro atoms. The van der Waals surface area contributed by atoms with E-state index >= 15 is 0 Å². The molecule has 1 aromatic heterocycles. The fourth-order valence-corrected chi connectivity index (χ4v) is 1.90. The van der Waals surface area contributed by atoms with E-state index in [0.29, 0.717) is 11.4 Å². The van der Waals surface area contributed by atoms with Gasteiger partial charge in [-0.15, -0.1) is 5.10 Å². The molecule has 1 heterocycles. The maximum absolute atomic E-state index is 9.51. The number of aliphatic hydroxyl groups is 3. The molecule has 3 N–H and O–H groups in total. The molecule has 0 saturated heterocycles. The van der Waals surface area contributed by atoms with Crippen molar-refractivity contribution in [3.63, 3.8) is 0 Å². The van der Waals surface area contributed by atoms with Crippen molar-refractivity contribution >= 4 is 12.2 Å². The van der Waals surface area contributed by atoms with Crippen LogP contribution >= 0.6 is 0 Å². The molecule has 1 atom stereocenters. The third kappa shape index (κ3) is 3.98. The van der Waals surface area contributed by atoms with Crippen LogP contribution in [0.1, 0.15) is 22.5 Å². The molecule has 0 aliphatic heterocycles. The van der Waals surface area contributed by atoms with Gasteiger partial charge in [0.05, 0.1) is 31.6 Å². The SMILES string of the molecule is Cc1ccc(/C=C/c2c(CO)nnn2CC(O)CO)cc1. The van der Waals surface area contributed by atoms with Crippen molar-refractivity contribution in [3.05, 3.63) is 46.8 Å². The van der Waals surface area contributed by atoms with E-state index in [9.17, 15) is 10.2 Å². The molecule has 1 aromatic carbocycles. The van der Waals surface area contributed by atoms with Gasteiger partial charge in [-0.05, 0) is 18.6 Å². The number of hydrogen-bond acceptors (Lipinski definition) is 5. The summed E-state index contributed by atoms with van der Waals surface area (Å²) in [4.78, 5) is 0. The average molecular weight is 289 g/mol. The van der Waals surface area contributed by atoms with Gasteiger partial charge in [0.15, 0.2) is 0 Å². The average Bonchev–Trinajstić information content (AvgIpc) is 2.88. The maximum atomic E-state index is 9.51. The van der Waals surface area contributed by atoms with E-state index in [1.807, 2.05) is 37.3 Å². The lowest BCUT2D eigenvalue weighted by molar-refractivity contribution is 0.0776. The van der Waals surface area contributed by atoms with Crippen molar-refractivity contribution in [1.82, 2.24) is 15.0 Å². The van der Waals surface area contributed by atoms with Crippen molar-refractivity contribution in [3.8, 4) is 0 Å². The number of benzene rings is 1. The zero-order chi connectivity index (χ0) is 15.2. The van der Waals surface area contributed by atoms with Crippen molar-refractivity contribution in [2.75, 3.05) is 6.61 Å². The number of aliphatic hydroxyl groups excluding tert-OH is 3. The summed E-state index contributed by atoms with van der Waals surface area (Å²) < 4.78 is 1.47. The molecule has 21 heavy (non-hydrogen) atoms. The highest BCUT2D eigenvalue weighted by Gasteiger charge is 2.12. The second-order valence-electron chi connectivity index (χ2n) is 4.84. The molecule has 0 bridgehead atoms. The van der Waals surface area contributed by atoms with Gasteiger partial charge >= 0.3 is 0 Å². The zero-order valence-corrected chi connectivity index (χ0v) is 11.8. The van der Waals surface area contributed by atoms with Gasteiger partial charge in [-0.1, -0.05) is 41.1 Å². The number of nitrogens with zero attached hydrogens (tertiary/aromatic N) is 3. The van der Waals surface area contributed by atoms with E-state index < -0.39 is 6.10 Å². The minimum absolute atomic E-state index is 0.122. The van der Waals surface area contributed by atoms with Crippen LogP contribution in [0.3, 0.4) is 0 Å². The smallest absolute Gasteiger partial charge is 0.115 e. The Kier molecular flexibility index (Phi) is 5.21. The van der Waals surface area contributed by atoms with Crippen molar-refractivity contribution in [2.45, 2.75) is 26.2 Å². The fourth-order valence-electron chi connectivity index (χ4n) is 1.90. The van der Waals surface area contributed by atoms with Gasteiger partial charge in [0.25, 0.3) is 0 Å². The van der Waals surface area contributed by atoms with Crippen LogP contribution in [0.5, 0.6) is 0 Å². The lowest BCUT2D eigenvalue weighted by atomic mass is 10.1. The lowest BCUT2D eigenvalue weighted by Crippen LogP contribution is -2.21. The Morgan fingerprint density at radius 3 is 2.52 bits per heavy atom. The van der Waals surface area contributed by atoms with E-state index in [0.717, 1.165) is 5.56 Å². The monoisotopic (exact) mass is 289 g/mol. The molecular weight excluding hydrogens is 270 g/mol. The number of aromatic nitrogens is 3. The molecule has 1 unspecified atom stereocenters. The summed E-state index contributed by atoms with van der Waals surface area (Å²) in [5, 5.41) is 35.5. The molecule has 0 aliphatic carbocycles. The summed E-state index contributed by atoms with van der Waals surface area (Å²) in [6.45, 7) is 1.56. The van der Waals surface area contributed by atoms with Gasteiger partial charge in [0.1, 0.15) is 5.69 Å². The lowest BCUT2D eigenvalue weighted by Gasteiger charge is -2.08. The van der Waals surface area contributed by atoms with Gasteiger partial charge in [-0.25, -0.2) is 4.68 Å². The number of aryl methyl sites for hydroxylation is 1. The highest BCUT2D eigenvalue weighted by atomic mass is 16.3. The molecule has 0 aliphatic rings. The molecule has 2 rings (SSSR count). The molecule has 0 fully saturated rings. The summed E-state index contributed by atoms with van der Waals surface area (Å²) in [6, 6.07) is 8.00. The summed E-state index contributed by atoms with van der Waals surface area (Å²) in [5.41, 5.74) is 3.25. The molecule has 0 radical (unpaired) electrons. The Morgan fingerprint density at radius 2 is 1.90 bits per heavy atom. The third-order valence-electron chi connectivity index (χ3n) is 3.10. The zero-order valence-electron chi connectivity index (χ0n) is 11.8. The summed E-state index contributed by atoms with van der Waals surface area (Å²) in [6.07, 6.45) is 2.77. The van der Waals surface area contributed by atoms with Crippen LogP contribution in [0.25, 0.3) is 12.2 Å². The topological polar surface area (TPSA) is 91.4 Å². The Labute approximate surface area is 123 Å². The van der Waals surface area contributed by atoms with Crippen LogP contribution in [-0.4, -0.2) is 43.0 Å². The van der Waals surface area contributed by atoms with Crippen LogP contribution in [-0.2, 0) is 13.2 Å². The molecule has 2 aromatic rings. The van der Waals surface area contributed by atoms with Crippen molar-refractivity contribution in [2.24, 2.45) is 0 Å². The van der Waals surface area contributed by atoms with Gasteiger partial charge in [-0.3, -0.25) is 0 Å². The van der Waals surface area contributed by atoms with Gasteiger partial charge in [0, 0.05) is 0 Å². The molecule has 6 nitrogen and oxygen atoms in total. The standard InChI is InChI=1S/C15H19N3O3/c1-11-2-4-12(5-3-11)6-7-15-14(10-20)16-17-18(15)8-13(21)9-19/h2-7,13,19-21H,8-10H2,1H3/b7-6+. The van der Waals surface area contributed by atoms with E-state index in [1.54, 1.807) is 6.08 Å². The first-order valence-corrected chi connectivity index (χ1v) is 6.71. The first-order chi connectivity index (χ1) is 10.1. The fraction of sp³-hybridized carbons (Fsp3) is 0.333. The largest absolute Gasteiger partial charge is 0.394 e. The van der Waals surface area contributed by atoms with E-state index in [1.165, 1.54) is 10.2 Å². The second-order valence-corrected chi connectivity index (χ2v) is 4.84. The second kappa shape index (κ2) is 7.12. The quantitative estimate of drug-likeness (QED) is 0.724. The Balaban J connectivity index is 2.24. The molecule has 0 amide bonds. The minimum Gasteiger partial charge on any atom is -0.394 e. The maximum Gasteiger partial charge on any atom is 0.115 e. The van der Waals surface area contributed by atoms with Gasteiger partial charge < -0.3 is 15.3 Å². The van der Waals surface area contributed by atoms with E-state index in [-0.39, 0.29) is 19.8 Å². The molecule has 6 heteroatoms. The third-order valence-corrected chi connectivity index (χ3v) is 3.10. The van der Waals surface area contributed by atoms with Crippen LogP contribution < -0.4 is 0 Å². The molecule has 112 valence electrons. The minimum atomic E-state index is -0.912. The van der Waals surface area contributed by atoms with Crippen LogP contribution in [0, 0.1) is 6.92 Å². The van der Waals surface area contributed by atoms with Crippen molar-refractivity contribution < 1.29 is 15.3 Å².